The van der Waals surface area contributed by atoms with Crippen LogP contribution in [0.15, 0.2) is 53.3 Å². The van der Waals surface area contributed by atoms with Crippen molar-refractivity contribution in [1.29, 1.82) is 0 Å². The first kappa shape index (κ1) is 23.1. The minimum absolute atomic E-state index is 0.126. The van der Waals surface area contributed by atoms with E-state index < -0.39 is 6.04 Å². The molecule has 0 spiro atoms. The van der Waals surface area contributed by atoms with Gasteiger partial charge in [-0.05, 0) is 43.3 Å². The molecule has 36 heavy (non-hydrogen) atoms. The molecule has 5 rings (SSSR count). The van der Waals surface area contributed by atoms with Crippen LogP contribution in [0.25, 0.3) is 28.3 Å². The normalized spacial score (nSPS) is 12.2. The molecule has 13 nitrogen and oxygen atoms in total. The average Bonchev–Trinajstić information content (AvgIpc) is 3.65. The van der Waals surface area contributed by atoms with Crippen LogP contribution >= 0.6 is 0 Å². The maximum atomic E-state index is 12.8. The summed E-state index contributed by atoms with van der Waals surface area (Å²) in [4.78, 5) is 21.8. The Morgan fingerprint density at radius 1 is 1.17 bits per heavy atom. The topological polar surface area (TPSA) is 176 Å². The minimum atomic E-state index is -0.622. The van der Waals surface area contributed by atoms with Gasteiger partial charge in [-0.2, -0.15) is 14.6 Å². The molecule has 0 saturated carbocycles. The summed E-state index contributed by atoms with van der Waals surface area (Å²) >= 11 is 0. The zero-order chi connectivity index (χ0) is 25.1. The van der Waals surface area contributed by atoms with Crippen molar-refractivity contribution in [2.75, 3.05) is 37.3 Å². The van der Waals surface area contributed by atoms with E-state index in [4.69, 9.17) is 20.6 Å². The van der Waals surface area contributed by atoms with E-state index in [9.17, 15) is 4.79 Å². The number of furan rings is 1. The molecule has 0 fully saturated rings. The summed E-state index contributed by atoms with van der Waals surface area (Å²) in [5, 5.41) is 15.5. The molecule has 1 aromatic carbocycles. The lowest BCUT2D eigenvalue weighted by atomic mass is 10.3. The van der Waals surface area contributed by atoms with Crippen LogP contribution in [-0.4, -0.2) is 61.5 Å². The van der Waals surface area contributed by atoms with Crippen LogP contribution in [0.5, 0.6) is 5.75 Å². The largest absolute Gasteiger partial charge is 0.492 e. The third-order valence-electron chi connectivity index (χ3n) is 5.54. The number of hydrogen-bond donors (Lipinski definition) is 4. The maximum absolute atomic E-state index is 12.8. The molecule has 4 heterocycles. The van der Waals surface area contributed by atoms with E-state index in [1.807, 2.05) is 24.3 Å². The molecule has 5 aromatic rings. The number of anilines is 2. The number of nitrogens with two attached hydrogens (primary N) is 2. The van der Waals surface area contributed by atoms with Crippen LogP contribution in [-0.2, 0) is 4.79 Å². The molecule has 0 aliphatic rings. The molecule has 4 aromatic heterocycles. The lowest BCUT2D eigenvalue weighted by Gasteiger charge is -2.14. The highest BCUT2D eigenvalue weighted by Gasteiger charge is 2.22. The Labute approximate surface area is 205 Å². The summed E-state index contributed by atoms with van der Waals surface area (Å²) in [6.07, 6.45) is 3.14. The number of nitrogens with one attached hydrogen (secondary N) is 2. The predicted molar refractivity (Wildman–Crippen MR) is 133 cm³/mol. The average molecular weight is 491 g/mol. The van der Waals surface area contributed by atoms with E-state index in [0.29, 0.717) is 54.5 Å². The summed E-state index contributed by atoms with van der Waals surface area (Å²) in [7, 11) is 0. The molecule has 1 unspecified atom stereocenters. The van der Waals surface area contributed by atoms with Gasteiger partial charge in [-0.25, -0.2) is 9.67 Å². The fourth-order valence-electron chi connectivity index (χ4n) is 3.72. The maximum Gasteiger partial charge on any atom is 0.244 e. The van der Waals surface area contributed by atoms with Crippen molar-refractivity contribution in [2.24, 2.45) is 5.73 Å². The van der Waals surface area contributed by atoms with E-state index in [1.165, 1.54) is 9.20 Å². The minimum Gasteiger partial charge on any atom is -0.492 e. The van der Waals surface area contributed by atoms with Gasteiger partial charge in [0.15, 0.2) is 17.1 Å². The number of carbonyl (C=O) groups is 1. The number of benzene rings is 1. The number of carbonyl (C=O) groups excluding carboxylic acids is 1. The smallest absolute Gasteiger partial charge is 0.244 e. The van der Waals surface area contributed by atoms with E-state index >= 15 is 0 Å². The Morgan fingerprint density at radius 3 is 2.75 bits per heavy atom. The molecular weight excluding hydrogens is 464 g/mol. The molecule has 0 saturated heterocycles. The van der Waals surface area contributed by atoms with Gasteiger partial charge in [-0.15, -0.1) is 5.10 Å². The molecule has 186 valence electrons. The second kappa shape index (κ2) is 9.92. The summed E-state index contributed by atoms with van der Waals surface area (Å²) < 4.78 is 13.8. The van der Waals surface area contributed by atoms with E-state index in [-0.39, 0.29) is 11.9 Å². The van der Waals surface area contributed by atoms with Crippen molar-refractivity contribution >= 4 is 34.2 Å². The van der Waals surface area contributed by atoms with Crippen molar-refractivity contribution in [2.45, 2.75) is 13.0 Å². The molecule has 13 heteroatoms. The van der Waals surface area contributed by atoms with Gasteiger partial charge >= 0.3 is 0 Å². The Balaban J connectivity index is 1.24. The lowest BCUT2D eigenvalue weighted by molar-refractivity contribution is -0.123. The van der Waals surface area contributed by atoms with Crippen LogP contribution in [0.2, 0.25) is 0 Å². The van der Waals surface area contributed by atoms with Gasteiger partial charge < -0.3 is 31.3 Å². The lowest BCUT2D eigenvalue weighted by Crippen LogP contribution is -2.34. The highest BCUT2D eigenvalue weighted by molar-refractivity contribution is 5.91. The summed E-state index contributed by atoms with van der Waals surface area (Å²) in [5.41, 5.74) is 13.4. The number of nitrogens with zero attached hydrogens (tertiary/aromatic N) is 6. The monoisotopic (exact) mass is 490 g/mol. The summed E-state index contributed by atoms with van der Waals surface area (Å²) in [5.74, 6) is 1.57. The van der Waals surface area contributed by atoms with Crippen molar-refractivity contribution in [1.82, 2.24) is 34.7 Å². The number of nitrogen functional groups attached to an aromatic ring is 1. The molecule has 1 amide bonds. The zero-order valence-electron chi connectivity index (χ0n) is 19.6. The molecule has 0 aliphatic carbocycles. The number of ether oxygens (including phenoxy) is 1. The third kappa shape index (κ3) is 4.51. The van der Waals surface area contributed by atoms with Gasteiger partial charge in [0.25, 0.3) is 0 Å². The molecule has 6 N–H and O–H groups in total. The van der Waals surface area contributed by atoms with Crippen molar-refractivity contribution in [3.05, 3.63) is 48.9 Å². The number of hydrogen-bond acceptors (Lipinski definition) is 10. The number of rotatable bonds is 10. The highest BCUT2D eigenvalue weighted by atomic mass is 16.5. The van der Waals surface area contributed by atoms with Gasteiger partial charge in [0.05, 0.1) is 17.8 Å². The van der Waals surface area contributed by atoms with Crippen LogP contribution in [0.4, 0.5) is 11.6 Å². The van der Waals surface area contributed by atoms with E-state index in [0.717, 1.165) is 11.4 Å². The highest BCUT2D eigenvalue weighted by Crippen LogP contribution is 2.25. The van der Waals surface area contributed by atoms with Crippen LogP contribution in [0.1, 0.15) is 13.0 Å². The third-order valence-corrected chi connectivity index (χ3v) is 5.54. The van der Waals surface area contributed by atoms with Crippen molar-refractivity contribution in [3.8, 4) is 17.3 Å². The molecule has 0 radical (unpaired) electrons. The van der Waals surface area contributed by atoms with Crippen LogP contribution in [0, 0.1) is 0 Å². The first-order chi connectivity index (χ1) is 17.5. The number of fused-ring (bicyclic) bond motifs is 3. The summed E-state index contributed by atoms with van der Waals surface area (Å²) in [6, 6.07) is 10.4. The SMILES string of the molecule is CC(C(=O)NCCNc1ccc(OCCN)cc1)n1ncc2c1nc(N)n1nc(-c3ccco3)nc21. The molecule has 0 bridgehead atoms. The summed E-state index contributed by atoms with van der Waals surface area (Å²) in [6.45, 7) is 3.65. The fraction of sp³-hybridized carbons (Fsp3) is 0.261. The second-order valence-electron chi connectivity index (χ2n) is 8.00. The quantitative estimate of drug-likeness (QED) is 0.209. The van der Waals surface area contributed by atoms with Crippen LogP contribution in [0.3, 0.4) is 0 Å². The van der Waals surface area contributed by atoms with Crippen molar-refractivity contribution < 1.29 is 13.9 Å². The Kier molecular flexibility index (Phi) is 6.36. The van der Waals surface area contributed by atoms with Crippen LogP contribution < -0.4 is 26.8 Å². The van der Waals surface area contributed by atoms with Gasteiger partial charge in [0.1, 0.15) is 18.4 Å². The van der Waals surface area contributed by atoms with E-state index in [2.05, 4.69) is 30.8 Å². The Hall–Kier alpha value is -4.65. The van der Waals surface area contributed by atoms with Gasteiger partial charge in [-0.1, -0.05) is 0 Å². The molecule has 1 atom stereocenters. The zero-order valence-corrected chi connectivity index (χ0v) is 19.6. The Morgan fingerprint density at radius 2 is 2.00 bits per heavy atom. The number of aromatic nitrogens is 6. The Bertz CT molecular complexity index is 1470. The second-order valence-corrected chi connectivity index (χ2v) is 8.00. The van der Waals surface area contributed by atoms with Gasteiger partial charge in [0.2, 0.25) is 17.7 Å². The van der Waals surface area contributed by atoms with Gasteiger partial charge in [0, 0.05) is 25.3 Å². The van der Waals surface area contributed by atoms with Crippen molar-refractivity contribution in [3.63, 3.8) is 0 Å². The molecular formula is C23H26N10O3. The number of amides is 1. The van der Waals surface area contributed by atoms with Gasteiger partial charge in [-0.3, -0.25) is 4.79 Å². The first-order valence-corrected chi connectivity index (χ1v) is 11.4. The predicted octanol–water partition coefficient (Wildman–Crippen LogP) is 1.44. The van der Waals surface area contributed by atoms with E-state index in [1.54, 1.807) is 31.5 Å². The molecule has 0 aliphatic heterocycles. The first-order valence-electron chi connectivity index (χ1n) is 11.4. The standard InChI is InChI=1S/C23H26N10O3/c1-14(22(34)27-10-9-26-15-4-6-16(7-5-15)35-12-8-24)32-21-17(13-28-32)20-29-19(18-3-2-11-36-18)31-33(20)23(25)30-21/h2-7,11,13-14,26H,8-10,12,24H2,1H3,(H2,25,30)(H,27,34). The fourth-order valence-corrected chi connectivity index (χ4v) is 3.72.